The number of hydrogen-bond donors (Lipinski definition) is 3. The Labute approximate surface area is 117 Å². The Kier molecular flexibility index (Phi) is 4.45. The maximum atomic E-state index is 11.9. The maximum absolute atomic E-state index is 11.9. The first-order valence-corrected chi connectivity index (χ1v) is 6.73. The SMILES string of the molecule is Nc1c(NCCC(=O)N2CCCC2)cccc1C(=O)O. The number of aromatic carboxylic acids is 1. The summed E-state index contributed by atoms with van der Waals surface area (Å²) < 4.78 is 0. The lowest BCUT2D eigenvalue weighted by molar-refractivity contribution is -0.129. The fraction of sp³-hybridized carbons (Fsp3) is 0.429. The minimum Gasteiger partial charge on any atom is -0.478 e. The zero-order valence-corrected chi connectivity index (χ0v) is 11.3. The van der Waals surface area contributed by atoms with Crippen molar-refractivity contribution < 1.29 is 14.7 Å². The third-order valence-electron chi connectivity index (χ3n) is 3.45. The van der Waals surface area contributed by atoms with Gasteiger partial charge in [-0.3, -0.25) is 4.79 Å². The second kappa shape index (κ2) is 6.27. The van der Waals surface area contributed by atoms with Crippen molar-refractivity contribution in [1.82, 2.24) is 4.90 Å². The zero-order chi connectivity index (χ0) is 14.5. The first-order valence-electron chi connectivity index (χ1n) is 6.73. The monoisotopic (exact) mass is 277 g/mol. The van der Waals surface area contributed by atoms with Crippen molar-refractivity contribution in [2.45, 2.75) is 19.3 Å². The number of nitrogens with zero attached hydrogens (tertiary/aromatic N) is 1. The van der Waals surface area contributed by atoms with Crippen LogP contribution in [0.3, 0.4) is 0 Å². The van der Waals surface area contributed by atoms with Crippen molar-refractivity contribution in [2.75, 3.05) is 30.7 Å². The average Bonchev–Trinajstić information content (AvgIpc) is 2.94. The van der Waals surface area contributed by atoms with Gasteiger partial charge in [0.05, 0.1) is 16.9 Å². The van der Waals surface area contributed by atoms with Crippen molar-refractivity contribution in [2.24, 2.45) is 0 Å². The van der Waals surface area contributed by atoms with E-state index in [1.807, 2.05) is 4.90 Å². The number of para-hydroxylation sites is 1. The fourth-order valence-electron chi connectivity index (χ4n) is 2.33. The number of nitrogens with two attached hydrogens (primary N) is 1. The molecule has 6 nitrogen and oxygen atoms in total. The molecule has 0 saturated carbocycles. The normalized spacial score (nSPS) is 14.3. The summed E-state index contributed by atoms with van der Waals surface area (Å²) in [7, 11) is 0. The number of rotatable bonds is 5. The van der Waals surface area contributed by atoms with Crippen LogP contribution in [0.5, 0.6) is 0 Å². The van der Waals surface area contributed by atoms with Gasteiger partial charge >= 0.3 is 5.97 Å². The fourth-order valence-corrected chi connectivity index (χ4v) is 2.33. The Hall–Kier alpha value is -2.24. The third kappa shape index (κ3) is 3.20. The predicted molar refractivity (Wildman–Crippen MR) is 76.7 cm³/mol. The highest BCUT2D eigenvalue weighted by Gasteiger charge is 2.17. The largest absolute Gasteiger partial charge is 0.478 e. The van der Waals surface area contributed by atoms with Gasteiger partial charge in [-0.15, -0.1) is 0 Å². The number of hydrogen-bond acceptors (Lipinski definition) is 4. The Bertz CT molecular complexity index is 510. The molecule has 1 saturated heterocycles. The first kappa shape index (κ1) is 14.2. The molecule has 0 aliphatic carbocycles. The molecule has 0 unspecified atom stereocenters. The quantitative estimate of drug-likeness (QED) is 0.707. The molecule has 108 valence electrons. The molecule has 4 N–H and O–H groups in total. The molecular formula is C14H19N3O3. The van der Waals surface area contributed by atoms with Gasteiger partial charge in [-0.1, -0.05) is 6.07 Å². The Morgan fingerprint density at radius 3 is 2.65 bits per heavy atom. The van der Waals surface area contributed by atoms with Crippen molar-refractivity contribution in [3.05, 3.63) is 23.8 Å². The van der Waals surface area contributed by atoms with E-state index in [0.29, 0.717) is 18.7 Å². The Morgan fingerprint density at radius 1 is 1.30 bits per heavy atom. The van der Waals surface area contributed by atoms with Crippen molar-refractivity contribution in [3.63, 3.8) is 0 Å². The molecule has 0 bridgehead atoms. The highest BCUT2D eigenvalue weighted by Crippen LogP contribution is 2.22. The summed E-state index contributed by atoms with van der Waals surface area (Å²) in [5.74, 6) is -0.928. The van der Waals surface area contributed by atoms with Gasteiger partial charge in [0, 0.05) is 26.1 Å². The van der Waals surface area contributed by atoms with Gasteiger partial charge in [0.2, 0.25) is 5.91 Å². The molecule has 1 aromatic rings. The second-order valence-corrected chi connectivity index (χ2v) is 4.84. The summed E-state index contributed by atoms with van der Waals surface area (Å²) in [5.41, 5.74) is 6.61. The molecule has 6 heteroatoms. The summed E-state index contributed by atoms with van der Waals surface area (Å²) >= 11 is 0. The minimum atomic E-state index is -1.06. The number of carboxylic acids is 1. The van der Waals surface area contributed by atoms with E-state index >= 15 is 0 Å². The summed E-state index contributed by atoms with van der Waals surface area (Å²) in [5, 5.41) is 12.0. The van der Waals surface area contributed by atoms with Gasteiger partial charge in [-0.05, 0) is 25.0 Å². The summed E-state index contributed by atoms with van der Waals surface area (Å²) in [4.78, 5) is 24.7. The number of carboxylic acid groups (broad SMARTS) is 1. The number of carbonyl (C=O) groups is 2. The maximum Gasteiger partial charge on any atom is 0.337 e. The molecule has 20 heavy (non-hydrogen) atoms. The summed E-state index contributed by atoms with van der Waals surface area (Å²) in [6, 6.07) is 4.80. The highest BCUT2D eigenvalue weighted by atomic mass is 16.4. The number of carbonyl (C=O) groups excluding carboxylic acids is 1. The standard InChI is InChI=1S/C14H19N3O3/c15-13-10(14(19)20)4-3-5-11(13)16-7-6-12(18)17-8-1-2-9-17/h3-5,16H,1-2,6-9,15H2,(H,19,20). The van der Waals surface area contributed by atoms with Gasteiger partial charge in [0.1, 0.15) is 0 Å². The first-order chi connectivity index (χ1) is 9.59. The molecule has 1 heterocycles. The molecule has 2 rings (SSSR count). The lowest BCUT2D eigenvalue weighted by atomic mass is 10.1. The minimum absolute atomic E-state index is 0.0702. The molecule has 0 aromatic heterocycles. The zero-order valence-electron chi connectivity index (χ0n) is 11.3. The lowest BCUT2D eigenvalue weighted by Crippen LogP contribution is -2.29. The third-order valence-corrected chi connectivity index (χ3v) is 3.45. The van der Waals surface area contributed by atoms with Gasteiger partial charge in [-0.25, -0.2) is 4.79 Å². The van der Waals surface area contributed by atoms with E-state index in [1.54, 1.807) is 12.1 Å². The molecule has 1 aromatic carbocycles. The van der Waals surface area contributed by atoms with E-state index in [9.17, 15) is 9.59 Å². The van der Waals surface area contributed by atoms with Crippen molar-refractivity contribution in [3.8, 4) is 0 Å². The highest BCUT2D eigenvalue weighted by molar-refractivity contribution is 5.97. The van der Waals surface area contributed by atoms with E-state index in [4.69, 9.17) is 10.8 Å². The average molecular weight is 277 g/mol. The van der Waals surface area contributed by atoms with E-state index < -0.39 is 5.97 Å². The van der Waals surface area contributed by atoms with Crippen molar-refractivity contribution >= 4 is 23.3 Å². The van der Waals surface area contributed by atoms with Crippen LogP contribution in [0.15, 0.2) is 18.2 Å². The van der Waals surface area contributed by atoms with E-state index in [2.05, 4.69) is 5.32 Å². The number of nitrogen functional groups attached to an aromatic ring is 1. The van der Waals surface area contributed by atoms with E-state index in [0.717, 1.165) is 25.9 Å². The number of amides is 1. The topological polar surface area (TPSA) is 95.7 Å². The van der Waals surface area contributed by atoms with Gasteiger partial charge in [0.15, 0.2) is 0 Å². The molecular weight excluding hydrogens is 258 g/mol. The molecule has 1 fully saturated rings. The molecule has 0 atom stereocenters. The smallest absolute Gasteiger partial charge is 0.337 e. The molecule has 1 amide bonds. The Morgan fingerprint density at radius 2 is 2.00 bits per heavy atom. The van der Waals surface area contributed by atoms with E-state index in [1.165, 1.54) is 6.07 Å². The van der Waals surface area contributed by atoms with Crippen LogP contribution < -0.4 is 11.1 Å². The van der Waals surface area contributed by atoms with Gasteiger partial charge in [-0.2, -0.15) is 0 Å². The van der Waals surface area contributed by atoms with Crippen LogP contribution in [0.25, 0.3) is 0 Å². The molecule has 1 aliphatic heterocycles. The van der Waals surface area contributed by atoms with Crippen LogP contribution in [-0.2, 0) is 4.79 Å². The molecule has 0 radical (unpaired) electrons. The van der Waals surface area contributed by atoms with Crippen LogP contribution in [0, 0.1) is 0 Å². The van der Waals surface area contributed by atoms with Crippen LogP contribution >= 0.6 is 0 Å². The van der Waals surface area contributed by atoms with Crippen LogP contribution in [-0.4, -0.2) is 41.5 Å². The number of anilines is 2. The van der Waals surface area contributed by atoms with Crippen LogP contribution in [0.1, 0.15) is 29.6 Å². The number of nitrogens with one attached hydrogen (secondary N) is 1. The van der Waals surface area contributed by atoms with E-state index in [-0.39, 0.29) is 17.2 Å². The summed E-state index contributed by atoms with van der Waals surface area (Å²) in [6.45, 7) is 2.13. The number of likely N-dealkylation sites (tertiary alicyclic amines) is 1. The van der Waals surface area contributed by atoms with Crippen LogP contribution in [0.4, 0.5) is 11.4 Å². The summed E-state index contributed by atoms with van der Waals surface area (Å²) in [6.07, 6.45) is 2.54. The molecule has 0 spiro atoms. The van der Waals surface area contributed by atoms with Crippen molar-refractivity contribution in [1.29, 1.82) is 0 Å². The van der Waals surface area contributed by atoms with Crippen LogP contribution in [0.2, 0.25) is 0 Å². The Balaban J connectivity index is 1.89. The predicted octanol–water partition coefficient (Wildman–Crippen LogP) is 1.39. The van der Waals surface area contributed by atoms with Gasteiger partial charge in [0.25, 0.3) is 0 Å². The van der Waals surface area contributed by atoms with Gasteiger partial charge < -0.3 is 21.1 Å². The number of benzene rings is 1. The molecule has 1 aliphatic rings. The lowest BCUT2D eigenvalue weighted by Gasteiger charge is -2.16. The second-order valence-electron chi connectivity index (χ2n) is 4.84.